The van der Waals surface area contributed by atoms with Gasteiger partial charge in [0.25, 0.3) is 0 Å². The van der Waals surface area contributed by atoms with Gasteiger partial charge < -0.3 is 19.2 Å². The number of ether oxygens (including phenoxy) is 2. The molecule has 1 unspecified atom stereocenters. The van der Waals surface area contributed by atoms with Gasteiger partial charge in [-0.15, -0.1) is 0 Å². The van der Waals surface area contributed by atoms with Gasteiger partial charge in [0.2, 0.25) is 0 Å². The van der Waals surface area contributed by atoms with Gasteiger partial charge in [-0.3, -0.25) is 9.69 Å². The molecule has 1 atom stereocenters. The van der Waals surface area contributed by atoms with Crippen LogP contribution in [0.15, 0.2) is 80.3 Å². The summed E-state index contributed by atoms with van der Waals surface area (Å²) in [5.41, 5.74) is 3.61. The number of esters is 2. The highest BCUT2D eigenvalue weighted by molar-refractivity contribution is 6.01. The molecule has 5 rings (SSSR count). The van der Waals surface area contributed by atoms with Crippen molar-refractivity contribution < 1.29 is 23.5 Å². The maximum Gasteiger partial charge on any atom is 0.337 e. The van der Waals surface area contributed by atoms with Crippen LogP contribution in [0.1, 0.15) is 64.0 Å². The van der Waals surface area contributed by atoms with Crippen molar-refractivity contribution in [2.24, 2.45) is 0 Å². The number of benzene rings is 2. The molecule has 1 saturated heterocycles. The summed E-state index contributed by atoms with van der Waals surface area (Å²) < 4.78 is 18.1. The molecule has 2 aromatic carbocycles. The van der Waals surface area contributed by atoms with E-state index in [1.54, 1.807) is 52.8 Å². The number of nitrogens with zero attached hydrogens (tertiary/aromatic N) is 1. The normalized spacial score (nSPS) is 17.8. The van der Waals surface area contributed by atoms with Gasteiger partial charge in [0, 0.05) is 34.6 Å². The number of para-hydroxylation sites is 1. The Morgan fingerprint density at radius 1 is 0.930 bits per heavy atom. The largest absolute Gasteiger partial charge is 0.461 e. The summed E-state index contributed by atoms with van der Waals surface area (Å²) >= 11 is 0. The van der Waals surface area contributed by atoms with Crippen molar-refractivity contribution in [1.82, 2.24) is 10.2 Å². The summed E-state index contributed by atoms with van der Waals surface area (Å²) in [4.78, 5) is 43.5. The van der Waals surface area contributed by atoms with Crippen molar-refractivity contribution >= 4 is 22.9 Å². The molecule has 43 heavy (non-hydrogen) atoms. The van der Waals surface area contributed by atoms with Crippen molar-refractivity contribution in [2.45, 2.75) is 65.9 Å². The second-order valence-corrected chi connectivity index (χ2v) is 11.6. The molecular formula is C35H40N2O6. The number of likely N-dealkylation sites (tertiary alicyclic amines) is 1. The van der Waals surface area contributed by atoms with Crippen molar-refractivity contribution in [2.75, 3.05) is 26.2 Å². The number of rotatable bonds is 8. The van der Waals surface area contributed by atoms with E-state index in [4.69, 9.17) is 13.9 Å². The van der Waals surface area contributed by atoms with Crippen LogP contribution in [0.5, 0.6) is 0 Å². The Bertz CT molecular complexity index is 1640. The van der Waals surface area contributed by atoms with E-state index in [1.165, 1.54) is 6.42 Å². The first-order valence-electron chi connectivity index (χ1n) is 15.1. The van der Waals surface area contributed by atoms with Crippen molar-refractivity contribution in [3.05, 3.63) is 92.4 Å². The maximum absolute atomic E-state index is 13.9. The number of hydrogen-bond acceptors (Lipinski definition) is 8. The monoisotopic (exact) mass is 584 g/mol. The Kier molecular flexibility index (Phi) is 9.16. The zero-order chi connectivity index (χ0) is 30.7. The Labute approximate surface area is 252 Å². The minimum atomic E-state index is -0.881. The lowest BCUT2D eigenvalue weighted by atomic mass is 9.79. The second kappa shape index (κ2) is 13.0. The molecule has 1 aromatic heterocycles. The predicted octanol–water partition coefficient (Wildman–Crippen LogP) is 5.98. The lowest BCUT2D eigenvalue weighted by molar-refractivity contribution is -0.143. The summed E-state index contributed by atoms with van der Waals surface area (Å²) in [7, 11) is 0. The molecule has 0 aliphatic carbocycles. The minimum Gasteiger partial charge on any atom is -0.461 e. The number of carbonyl (C=O) groups excluding carboxylic acids is 2. The molecule has 2 aliphatic heterocycles. The highest BCUT2D eigenvalue weighted by Crippen LogP contribution is 2.42. The van der Waals surface area contributed by atoms with Crippen LogP contribution in [0.2, 0.25) is 0 Å². The van der Waals surface area contributed by atoms with Crippen LogP contribution in [0, 0.1) is 6.92 Å². The average Bonchev–Trinajstić information content (AvgIpc) is 2.98. The van der Waals surface area contributed by atoms with Gasteiger partial charge in [0.05, 0.1) is 28.6 Å². The van der Waals surface area contributed by atoms with E-state index in [1.807, 2.05) is 30.3 Å². The Morgan fingerprint density at radius 2 is 1.60 bits per heavy atom. The van der Waals surface area contributed by atoms with E-state index in [0.717, 1.165) is 31.5 Å². The molecule has 1 fully saturated rings. The number of fused-ring (bicyclic) bond motifs is 1. The first kappa shape index (κ1) is 30.3. The number of hydrogen-bond donors (Lipinski definition) is 1. The summed E-state index contributed by atoms with van der Waals surface area (Å²) in [6.45, 7) is 11.8. The number of piperidine rings is 1. The molecular weight excluding hydrogens is 544 g/mol. The molecule has 1 N–H and O–H groups in total. The molecule has 0 radical (unpaired) electrons. The molecule has 0 amide bonds. The van der Waals surface area contributed by atoms with Crippen LogP contribution < -0.4 is 10.7 Å². The first-order chi connectivity index (χ1) is 20.7. The lowest BCUT2D eigenvalue weighted by Crippen LogP contribution is -2.35. The van der Waals surface area contributed by atoms with Gasteiger partial charge >= 0.3 is 11.9 Å². The van der Waals surface area contributed by atoms with Gasteiger partial charge in [-0.05, 0) is 66.6 Å². The van der Waals surface area contributed by atoms with E-state index in [2.05, 4.69) is 10.2 Å². The lowest BCUT2D eigenvalue weighted by Gasteiger charge is -2.31. The predicted molar refractivity (Wildman–Crippen MR) is 166 cm³/mol. The van der Waals surface area contributed by atoms with Gasteiger partial charge in [0.15, 0.2) is 5.43 Å². The number of dihydropyridines is 1. The van der Waals surface area contributed by atoms with E-state index < -0.39 is 17.9 Å². The summed E-state index contributed by atoms with van der Waals surface area (Å²) in [6.07, 6.45) is 3.14. The Hall–Kier alpha value is -4.17. The van der Waals surface area contributed by atoms with Crippen LogP contribution in [-0.4, -0.2) is 49.2 Å². The highest BCUT2D eigenvalue weighted by Gasteiger charge is 2.40. The Balaban J connectivity index is 1.64. The van der Waals surface area contributed by atoms with Crippen LogP contribution in [-0.2, 0) is 19.1 Å². The third-order valence-electron chi connectivity index (χ3n) is 8.15. The molecule has 3 aromatic rings. The smallest absolute Gasteiger partial charge is 0.337 e. The third-order valence-corrected chi connectivity index (χ3v) is 8.15. The van der Waals surface area contributed by atoms with Gasteiger partial charge in [-0.2, -0.15) is 0 Å². The van der Waals surface area contributed by atoms with Crippen molar-refractivity contribution in [1.29, 1.82) is 0 Å². The fourth-order valence-electron chi connectivity index (χ4n) is 6.08. The fourth-order valence-corrected chi connectivity index (χ4v) is 6.08. The van der Waals surface area contributed by atoms with Crippen LogP contribution in [0.4, 0.5) is 0 Å². The highest BCUT2D eigenvalue weighted by atomic mass is 16.5. The van der Waals surface area contributed by atoms with E-state index in [-0.39, 0.29) is 29.3 Å². The minimum absolute atomic E-state index is 0.172. The van der Waals surface area contributed by atoms with Crippen LogP contribution >= 0.6 is 0 Å². The first-order valence-corrected chi connectivity index (χ1v) is 15.1. The Morgan fingerprint density at radius 3 is 2.28 bits per heavy atom. The number of carbonyl (C=O) groups is 2. The molecule has 0 spiro atoms. The van der Waals surface area contributed by atoms with Crippen LogP contribution in [0.25, 0.3) is 22.3 Å². The van der Waals surface area contributed by atoms with E-state index >= 15 is 0 Å². The standard InChI is InChI=1S/C35H40N2O6/c1-21(2)42-35(40)29-24(5)36-23(4)28(34(39)41-20-19-37-17-10-7-11-18-37)30(29)26-15-12-16-27-31(38)22(3)32(43-33(26)27)25-13-8-6-9-14-25/h6,8-9,12-16,21,30,36H,7,10-11,17-20H2,1-5H3. The molecule has 0 bridgehead atoms. The van der Waals surface area contributed by atoms with Gasteiger partial charge in [-0.1, -0.05) is 48.9 Å². The number of nitrogens with one attached hydrogen (secondary N) is 1. The van der Waals surface area contributed by atoms with Gasteiger partial charge in [0.1, 0.15) is 18.0 Å². The third kappa shape index (κ3) is 6.30. The van der Waals surface area contributed by atoms with Gasteiger partial charge in [-0.25, -0.2) is 9.59 Å². The molecule has 8 nitrogen and oxygen atoms in total. The maximum atomic E-state index is 13.9. The summed E-state index contributed by atoms with van der Waals surface area (Å²) in [5, 5.41) is 3.59. The van der Waals surface area contributed by atoms with E-state index in [0.29, 0.717) is 45.8 Å². The molecule has 0 saturated carbocycles. The van der Waals surface area contributed by atoms with Crippen molar-refractivity contribution in [3.8, 4) is 11.3 Å². The second-order valence-electron chi connectivity index (χ2n) is 11.6. The molecule has 2 aliphatic rings. The quantitative estimate of drug-likeness (QED) is 0.323. The van der Waals surface area contributed by atoms with Crippen molar-refractivity contribution in [3.63, 3.8) is 0 Å². The summed E-state index contributed by atoms with van der Waals surface area (Å²) in [6, 6.07) is 14.7. The topological polar surface area (TPSA) is 98.1 Å². The zero-order valence-electron chi connectivity index (χ0n) is 25.6. The molecule has 3 heterocycles. The number of allylic oxidation sites excluding steroid dienone is 2. The van der Waals surface area contributed by atoms with E-state index in [9.17, 15) is 14.4 Å². The average molecular weight is 585 g/mol. The molecule has 226 valence electrons. The zero-order valence-corrected chi connectivity index (χ0v) is 25.6. The fraction of sp³-hybridized carbons (Fsp3) is 0.400. The SMILES string of the molecule is CC1=C(C(=O)OCCN2CCCCC2)C(c2cccc3c(=O)c(C)c(-c4ccccc4)oc23)C(C(=O)OC(C)C)=C(C)N1. The molecule has 8 heteroatoms. The van der Waals surface area contributed by atoms with Crippen LogP contribution in [0.3, 0.4) is 0 Å². The summed E-state index contributed by atoms with van der Waals surface area (Å²) in [5.74, 6) is -1.51.